The highest BCUT2D eigenvalue weighted by Gasteiger charge is 2.35. The Morgan fingerprint density at radius 3 is 2.53 bits per heavy atom. The number of carbonyl (C=O) groups is 1. The molecule has 0 spiro atoms. The Morgan fingerprint density at radius 1 is 1.12 bits per heavy atom. The van der Waals surface area contributed by atoms with E-state index in [4.69, 9.17) is 14.2 Å². The number of likely N-dealkylation sites (tertiary alicyclic amines) is 1. The first-order valence-corrected chi connectivity index (χ1v) is 14.9. The number of aromatic nitrogens is 5. The Bertz CT molecular complexity index is 1730. The van der Waals surface area contributed by atoms with Gasteiger partial charge in [0.15, 0.2) is 0 Å². The molecule has 12 nitrogen and oxygen atoms in total. The van der Waals surface area contributed by atoms with Crippen LogP contribution in [0.1, 0.15) is 50.0 Å². The summed E-state index contributed by atoms with van der Waals surface area (Å²) in [6, 6.07) is 3.03. The molecule has 4 heterocycles. The number of hydrogen-bond acceptors (Lipinski definition) is 9. The van der Waals surface area contributed by atoms with Crippen molar-refractivity contribution in [2.24, 2.45) is 0 Å². The molecule has 2 atom stereocenters. The van der Waals surface area contributed by atoms with E-state index >= 15 is 0 Å². The maximum Gasteiger partial charge on any atom is 0.332 e. The second-order valence-corrected chi connectivity index (χ2v) is 11.6. The quantitative estimate of drug-likeness (QED) is 0.236. The van der Waals surface area contributed by atoms with E-state index in [0.29, 0.717) is 46.1 Å². The van der Waals surface area contributed by atoms with Crippen LogP contribution < -0.4 is 16.0 Å². The van der Waals surface area contributed by atoms with Gasteiger partial charge < -0.3 is 19.1 Å². The smallest absolute Gasteiger partial charge is 0.332 e. The van der Waals surface area contributed by atoms with Crippen LogP contribution in [0.25, 0.3) is 15.2 Å². The minimum absolute atomic E-state index is 0.0867. The van der Waals surface area contributed by atoms with Crippen LogP contribution >= 0.6 is 11.3 Å². The van der Waals surface area contributed by atoms with Crippen LogP contribution in [0, 0.1) is 12.7 Å². The van der Waals surface area contributed by atoms with Gasteiger partial charge in [0.1, 0.15) is 33.5 Å². The van der Waals surface area contributed by atoms with E-state index in [0.717, 1.165) is 4.57 Å². The van der Waals surface area contributed by atoms with E-state index < -0.39 is 29.2 Å². The summed E-state index contributed by atoms with van der Waals surface area (Å²) in [5.41, 5.74) is -0.239. The number of fused-ring (bicyclic) bond motifs is 1. The fourth-order valence-corrected chi connectivity index (χ4v) is 6.79. The number of ether oxygens (including phenoxy) is 3. The van der Waals surface area contributed by atoms with Crippen LogP contribution in [0.5, 0.6) is 5.75 Å². The number of amides is 1. The van der Waals surface area contributed by atoms with Crippen molar-refractivity contribution in [3.8, 4) is 10.8 Å². The lowest BCUT2D eigenvalue weighted by atomic mass is 10.0. The summed E-state index contributed by atoms with van der Waals surface area (Å²) in [5.74, 6) is -0.396. The van der Waals surface area contributed by atoms with Crippen molar-refractivity contribution >= 4 is 27.5 Å². The SMILES string of the molecule is COCCOC(Cn1c(=O)n(C2CCCN(C(C)C)C2=O)c(=O)c2c(C)c(-n3nccn3)sc21)c1cc(F)ccc1OC. The summed E-state index contributed by atoms with van der Waals surface area (Å²) < 4.78 is 33.9. The number of carbonyl (C=O) groups excluding carboxylic acids is 1. The molecule has 230 valence electrons. The van der Waals surface area contributed by atoms with E-state index in [1.807, 2.05) is 13.8 Å². The van der Waals surface area contributed by atoms with Crippen molar-refractivity contribution in [3.63, 3.8) is 0 Å². The highest BCUT2D eigenvalue weighted by molar-refractivity contribution is 7.21. The molecule has 1 aliphatic heterocycles. The summed E-state index contributed by atoms with van der Waals surface area (Å²) in [6.07, 6.45) is 3.17. The molecular weight excluding hydrogens is 579 g/mol. The van der Waals surface area contributed by atoms with Gasteiger partial charge >= 0.3 is 5.69 Å². The van der Waals surface area contributed by atoms with Crippen LogP contribution in [0.15, 0.2) is 40.2 Å². The first kappa shape index (κ1) is 30.6. The highest BCUT2D eigenvalue weighted by atomic mass is 32.1. The Morgan fingerprint density at radius 2 is 1.86 bits per heavy atom. The Labute approximate surface area is 251 Å². The third kappa shape index (κ3) is 5.74. The largest absolute Gasteiger partial charge is 0.496 e. The van der Waals surface area contributed by atoms with Crippen LogP contribution in [-0.4, -0.2) is 75.0 Å². The molecule has 1 amide bonds. The van der Waals surface area contributed by atoms with Crippen molar-refractivity contribution in [1.82, 2.24) is 29.0 Å². The lowest BCUT2D eigenvalue weighted by Crippen LogP contribution is -2.52. The first-order chi connectivity index (χ1) is 20.7. The number of piperidine rings is 1. The van der Waals surface area contributed by atoms with Gasteiger partial charge in [-0.2, -0.15) is 10.2 Å². The molecule has 0 radical (unpaired) electrons. The molecule has 0 saturated carbocycles. The zero-order valence-electron chi connectivity index (χ0n) is 24.8. The van der Waals surface area contributed by atoms with E-state index in [9.17, 15) is 18.8 Å². The number of rotatable bonds is 11. The van der Waals surface area contributed by atoms with Crippen molar-refractivity contribution in [3.05, 3.63) is 68.4 Å². The molecule has 1 aromatic carbocycles. The minimum Gasteiger partial charge on any atom is -0.496 e. The Balaban J connectivity index is 1.75. The van der Waals surface area contributed by atoms with E-state index in [1.165, 1.54) is 65.5 Å². The van der Waals surface area contributed by atoms with Crippen molar-refractivity contribution in [2.45, 2.75) is 58.3 Å². The Hall–Kier alpha value is -3.88. The van der Waals surface area contributed by atoms with Gasteiger partial charge in [0.25, 0.3) is 5.56 Å². The summed E-state index contributed by atoms with van der Waals surface area (Å²) >= 11 is 1.18. The molecule has 1 aliphatic rings. The standard InChI is InChI=1S/C29H35FN6O6S/c1-17(2)33-12-6-7-21(25(33)37)35-26(38)24-18(3)27(36-31-10-11-32-36)43-28(24)34(29(35)39)16-23(42-14-13-40-4)20-15-19(30)8-9-22(20)41-5/h8-11,15,17,21,23H,6-7,12-14,16H2,1-5H3. The maximum atomic E-state index is 14.5. The van der Waals surface area contributed by atoms with Gasteiger partial charge in [-0.1, -0.05) is 11.3 Å². The highest BCUT2D eigenvalue weighted by Crippen LogP contribution is 2.34. The maximum absolute atomic E-state index is 14.5. The van der Waals surface area contributed by atoms with E-state index in [-0.39, 0.29) is 37.1 Å². The molecule has 1 fully saturated rings. The normalized spacial score (nSPS) is 16.4. The summed E-state index contributed by atoms with van der Waals surface area (Å²) in [6.45, 7) is 6.45. The van der Waals surface area contributed by atoms with Gasteiger partial charge in [-0.25, -0.2) is 13.8 Å². The van der Waals surface area contributed by atoms with Crippen LogP contribution in [0.4, 0.5) is 4.39 Å². The summed E-state index contributed by atoms with van der Waals surface area (Å²) in [4.78, 5) is 45.6. The van der Waals surface area contributed by atoms with E-state index in [2.05, 4.69) is 10.2 Å². The second-order valence-electron chi connectivity index (χ2n) is 10.6. The minimum atomic E-state index is -0.964. The fourth-order valence-electron chi connectivity index (χ4n) is 5.57. The molecule has 5 rings (SSSR count). The van der Waals surface area contributed by atoms with Gasteiger partial charge in [0, 0.05) is 30.8 Å². The number of thiophene rings is 1. The molecule has 14 heteroatoms. The van der Waals surface area contributed by atoms with Gasteiger partial charge in [-0.15, -0.1) is 4.80 Å². The Kier molecular flexibility index (Phi) is 9.08. The van der Waals surface area contributed by atoms with Gasteiger partial charge in [0.05, 0.1) is 44.6 Å². The predicted molar refractivity (Wildman–Crippen MR) is 159 cm³/mol. The molecule has 0 bridgehead atoms. The lowest BCUT2D eigenvalue weighted by molar-refractivity contribution is -0.139. The predicted octanol–water partition coefficient (Wildman–Crippen LogP) is 3.24. The molecule has 2 unspecified atom stereocenters. The summed E-state index contributed by atoms with van der Waals surface area (Å²) in [7, 11) is 3.00. The molecule has 3 aromatic heterocycles. The van der Waals surface area contributed by atoms with Crippen molar-refractivity contribution in [2.75, 3.05) is 34.0 Å². The third-order valence-corrected chi connectivity index (χ3v) is 8.97. The number of halogens is 1. The average molecular weight is 615 g/mol. The topological polar surface area (TPSA) is 123 Å². The van der Waals surface area contributed by atoms with Gasteiger partial charge in [-0.05, 0) is 51.8 Å². The molecule has 43 heavy (non-hydrogen) atoms. The number of nitrogens with zero attached hydrogens (tertiary/aromatic N) is 6. The zero-order chi connectivity index (χ0) is 30.8. The molecule has 4 aromatic rings. The molecule has 0 N–H and O–H groups in total. The van der Waals surface area contributed by atoms with Crippen molar-refractivity contribution < 1.29 is 23.4 Å². The second kappa shape index (κ2) is 12.8. The van der Waals surface area contributed by atoms with Crippen molar-refractivity contribution in [1.29, 1.82) is 0 Å². The number of aryl methyl sites for hydroxylation is 1. The van der Waals surface area contributed by atoms with Crippen LogP contribution in [-0.2, 0) is 20.8 Å². The van der Waals surface area contributed by atoms with Crippen LogP contribution in [0.2, 0.25) is 0 Å². The van der Waals surface area contributed by atoms with Crippen LogP contribution in [0.3, 0.4) is 0 Å². The lowest BCUT2D eigenvalue weighted by Gasteiger charge is -2.35. The van der Waals surface area contributed by atoms with E-state index in [1.54, 1.807) is 11.8 Å². The number of benzene rings is 1. The monoisotopic (exact) mass is 614 g/mol. The molecular formula is C29H35FN6O6S. The third-order valence-electron chi connectivity index (χ3n) is 7.69. The average Bonchev–Trinajstić information content (AvgIpc) is 3.63. The number of hydrogen-bond donors (Lipinski definition) is 0. The van der Waals surface area contributed by atoms with Gasteiger partial charge in [0.2, 0.25) is 5.91 Å². The fraction of sp³-hybridized carbons (Fsp3) is 0.483. The summed E-state index contributed by atoms with van der Waals surface area (Å²) in [5, 5.41) is 9.30. The molecule has 0 aliphatic carbocycles. The molecule has 1 saturated heterocycles. The van der Waals surface area contributed by atoms with Gasteiger partial charge in [-0.3, -0.25) is 14.2 Å². The zero-order valence-corrected chi connectivity index (χ0v) is 25.6. The first-order valence-electron chi connectivity index (χ1n) is 14.1. The number of methoxy groups -OCH3 is 2.